The van der Waals surface area contributed by atoms with Gasteiger partial charge in [0, 0.05) is 6.04 Å². The average molecular weight is 423 g/mol. The van der Waals surface area contributed by atoms with E-state index in [0.717, 1.165) is 25.7 Å². The summed E-state index contributed by atoms with van der Waals surface area (Å²) in [6.07, 6.45) is 6.77. The Bertz CT molecular complexity index is 1100. The number of ether oxygens (including phenoxy) is 2. The molecular weight excluding hydrogens is 398 g/mol. The number of fused-ring (bicyclic) bond motifs is 1. The molecule has 0 amide bonds. The summed E-state index contributed by atoms with van der Waals surface area (Å²) in [7, 11) is 1.58. The molecule has 3 aromatic rings. The van der Waals surface area contributed by atoms with E-state index in [0.29, 0.717) is 34.0 Å². The predicted octanol–water partition coefficient (Wildman–Crippen LogP) is 3.42. The summed E-state index contributed by atoms with van der Waals surface area (Å²) in [6.45, 7) is 1.65. The molecule has 2 heterocycles. The maximum atomic E-state index is 11.6. The fourth-order valence-corrected chi connectivity index (χ4v) is 3.99. The smallest absolute Gasteiger partial charge is 0.339 e. The highest BCUT2D eigenvalue weighted by atomic mass is 16.5. The van der Waals surface area contributed by atoms with Gasteiger partial charge in [-0.3, -0.25) is 4.98 Å². The second-order valence-electron chi connectivity index (χ2n) is 7.62. The van der Waals surface area contributed by atoms with Crippen molar-refractivity contribution in [3.05, 3.63) is 41.9 Å². The molecular formula is C22H25N5O4. The maximum absolute atomic E-state index is 11.6. The first-order chi connectivity index (χ1) is 15.0. The highest BCUT2D eigenvalue weighted by Gasteiger charge is 2.25. The first-order valence-corrected chi connectivity index (χ1v) is 10.2. The van der Waals surface area contributed by atoms with Crippen LogP contribution < -0.4 is 20.5 Å². The van der Waals surface area contributed by atoms with Crippen molar-refractivity contribution in [2.45, 2.75) is 44.8 Å². The number of nitrogens with two attached hydrogens (primary N) is 1. The van der Waals surface area contributed by atoms with E-state index in [1.807, 2.05) is 18.2 Å². The number of anilines is 2. The van der Waals surface area contributed by atoms with Gasteiger partial charge in [-0.05, 0) is 44.7 Å². The highest BCUT2D eigenvalue weighted by Crippen LogP contribution is 2.35. The third kappa shape index (κ3) is 4.30. The summed E-state index contributed by atoms with van der Waals surface area (Å²) in [4.78, 5) is 24.5. The van der Waals surface area contributed by atoms with E-state index in [-0.39, 0.29) is 23.4 Å². The number of aromatic nitrogens is 3. The number of hydrogen-bond donors (Lipinski definition) is 3. The molecule has 1 fully saturated rings. The molecule has 162 valence electrons. The van der Waals surface area contributed by atoms with E-state index < -0.39 is 5.97 Å². The van der Waals surface area contributed by atoms with E-state index in [1.165, 1.54) is 0 Å². The van der Waals surface area contributed by atoms with Crippen LogP contribution in [0.25, 0.3) is 10.9 Å². The van der Waals surface area contributed by atoms with Gasteiger partial charge in [0.15, 0.2) is 5.75 Å². The zero-order valence-corrected chi connectivity index (χ0v) is 17.5. The van der Waals surface area contributed by atoms with Crippen LogP contribution in [0.15, 0.2) is 30.6 Å². The second kappa shape index (κ2) is 8.63. The van der Waals surface area contributed by atoms with Crippen molar-refractivity contribution in [3.8, 4) is 11.5 Å². The number of aromatic carboxylic acids is 1. The Morgan fingerprint density at radius 3 is 2.55 bits per heavy atom. The number of carboxylic acid groups (broad SMARTS) is 1. The quantitative estimate of drug-likeness (QED) is 0.545. The number of aryl methyl sites for hydroxylation is 1. The lowest BCUT2D eigenvalue weighted by molar-refractivity contribution is 0.0697. The Morgan fingerprint density at radius 1 is 1.19 bits per heavy atom. The number of hydrogen-bond acceptors (Lipinski definition) is 8. The van der Waals surface area contributed by atoms with E-state index in [2.05, 4.69) is 20.3 Å². The number of carboxylic acids is 1. The lowest BCUT2D eigenvalue weighted by Gasteiger charge is -2.30. The predicted molar refractivity (Wildman–Crippen MR) is 117 cm³/mol. The summed E-state index contributed by atoms with van der Waals surface area (Å²) in [5.74, 6) is 0.675. The Balaban J connectivity index is 1.45. The van der Waals surface area contributed by atoms with Crippen molar-refractivity contribution < 1.29 is 19.4 Å². The minimum Gasteiger partial charge on any atom is -0.494 e. The van der Waals surface area contributed by atoms with Gasteiger partial charge in [0.05, 0.1) is 47.9 Å². The topological polar surface area (TPSA) is 132 Å². The van der Waals surface area contributed by atoms with Gasteiger partial charge in [-0.2, -0.15) is 0 Å². The highest BCUT2D eigenvalue weighted by molar-refractivity contribution is 6.06. The fourth-order valence-electron chi connectivity index (χ4n) is 3.99. The fraction of sp³-hybridized carbons (Fsp3) is 0.364. The molecule has 0 unspecified atom stereocenters. The molecule has 4 rings (SSSR count). The molecule has 1 aliphatic carbocycles. The lowest BCUT2D eigenvalue weighted by atomic mass is 9.93. The number of pyridine rings is 1. The summed E-state index contributed by atoms with van der Waals surface area (Å²) >= 11 is 0. The summed E-state index contributed by atoms with van der Waals surface area (Å²) in [5.41, 5.74) is 7.46. The first-order valence-electron chi connectivity index (χ1n) is 10.2. The molecule has 0 atom stereocenters. The average Bonchev–Trinajstić information content (AvgIpc) is 2.75. The minimum absolute atomic E-state index is 0.00872. The van der Waals surface area contributed by atoms with Crippen LogP contribution >= 0.6 is 0 Å². The zero-order valence-electron chi connectivity index (χ0n) is 17.5. The number of benzene rings is 1. The molecule has 0 spiro atoms. The molecule has 9 nitrogen and oxygen atoms in total. The van der Waals surface area contributed by atoms with Gasteiger partial charge in [0.25, 0.3) is 0 Å². The van der Waals surface area contributed by atoms with Crippen LogP contribution in [0.1, 0.15) is 41.7 Å². The molecule has 31 heavy (non-hydrogen) atoms. The number of rotatable bonds is 6. The number of methoxy groups -OCH3 is 1. The van der Waals surface area contributed by atoms with Crippen LogP contribution in [-0.4, -0.2) is 45.3 Å². The largest absolute Gasteiger partial charge is 0.494 e. The molecule has 0 bridgehead atoms. The molecule has 0 saturated heterocycles. The van der Waals surface area contributed by atoms with Crippen LogP contribution in [-0.2, 0) is 0 Å². The van der Waals surface area contributed by atoms with E-state index in [4.69, 9.17) is 15.2 Å². The number of carbonyl (C=O) groups is 1. The van der Waals surface area contributed by atoms with Crippen molar-refractivity contribution in [2.24, 2.45) is 0 Å². The van der Waals surface area contributed by atoms with Crippen molar-refractivity contribution in [1.29, 1.82) is 0 Å². The monoisotopic (exact) mass is 423 g/mol. The summed E-state index contributed by atoms with van der Waals surface area (Å²) in [5, 5.41) is 13.4. The third-order valence-electron chi connectivity index (χ3n) is 5.57. The first kappa shape index (κ1) is 20.6. The van der Waals surface area contributed by atoms with Crippen molar-refractivity contribution >= 4 is 28.5 Å². The van der Waals surface area contributed by atoms with E-state index in [9.17, 15) is 9.90 Å². The van der Waals surface area contributed by atoms with Gasteiger partial charge < -0.3 is 25.6 Å². The van der Waals surface area contributed by atoms with Crippen molar-refractivity contribution in [1.82, 2.24) is 15.0 Å². The van der Waals surface area contributed by atoms with E-state index in [1.54, 1.807) is 26.4 Å². The Morgan fingerprint density at radius 2 is 1.90 bits per heavy atom. The van der Waals surface area contributed by atoms with Gasteiger partial charge >= 0.3 is 5.97 Å². The lowest BCUT2D eigenvalue weighted by Crippen LogP contribution is -2.31. The van der Waals surface area contributed by atoms with Gasteiger partial charge in [-0.1, -0.05) is 6.07 Å². The van der Waals surface area contributed by atoms with Crippen LogP contribution in [0.3, 0.4) is 0 Å². The Kier molecular flexibility index (Phi) is 5.75. The van der Waals surface area contributed by atoms with Crippen LogP contribution in [0.4, 0.5) is 11.6 Å². The normalized spacial score (nSPS) is 18.5. The molecule has 1 aliphatic rings. The zero-order chi connectivity index (χ0) is 22.0. The molecule has 1 saturated carbocycles. The second-order valence-corrected chi connectivity index (χ2v) is 7.62. The summed E-state index contributed by atoms with van der Waals surface area (Å²) in [6, 6.07) is 5.73. The van der Waals surface area contributed by atoms with Crippen molar-refractivity contribution in [3.63, 3.8) is 0 Å². The molecule has 4 N–H and O–H groups in total. The van der Waals surface area contributed by atoms with Crippen molar-refractivity contribution in [2.75, 3.05) is 18.2 Å². The van der Waals surface area contributed by atoms with Gasteiger partial charge in [0.2, 0.25) is 5.95 Å². The number of nitrogens with one attached hydrogen (secondary N) is 1. The molecule has 9 heteroatoms. The molecule has 0 aliphatic heterocycles. The molecule has 0 radical (unpaired) electrons. The van der Waals surface area contributed by atoms with Crippen LogP contribution in [0.2, 0.25) is 0 Å². The molecule has 2 aromatic heterocycles. The maximum Gasteiger partial charge on any atom is 0.339 e. The molecule has 1 aromatic carbocycles. The van der Waals surface area contributed by atoms with Gasteiger partial charge in [0.1, 0.15) is 11.3 Å². The van der Waals surface area contributed by atoms with Gasteiger partial charge in [-0.25, -0.2) is 14.8 Å². The van der Waals surface area contributed by atoms with E-state index >= 15 is 0 Å². The number of nitrogens with zero attached hydrogens (tertiary/aromatic N) is 3. The van der Waals surface area contributed by atoms with Gasteiger partial charge in [-0.15, -0.1) is 0 Å². The number of nitrogen functional groups attached to an aromatic ring is 1. The van der Waals surface area contributed by atoms with Crippen LogP contribution in [0, 0.1) is 6.92 Å². The Labute approximate surface area is 179 Å². The Hall–Kier alpha value is -3.62. The van der Waals surface area contributed by atoms with Crippen LogP contribution in [0.5, 0.6) is 11.5 Å². The SMILES string of the molecule is COc1cnc(NC2CCC(Oc3cccc4nc(C)c(C(=O)O)c(N)c34)CC2)nc1. The summed E-state index contributed by atoms with van der Waals surface area (Å²) < 4.78 is 11.3. The minimum atomic E-state index is -1.09. The third-order valence-corrected chi connectivity index (χ3v) is 5.57. The standard InChI is InChI=1S/C22H25N5O4/c1-12-18(21(28)29)20(23)19-16(26-12)4-3-5-17(19)31-14-8-6-13(7-9-14)27-22-24-10-15(30-2)11-25-22/h3-5,10-11,13-14H,6-9H2,1-2H3,(H2,23,26)(H,28,29)(H,24,25,27).